The van der Waals surface area contributed by atoms with Crippen LogP contribution in [0.25, 0.3) is 0 Å². The Morgan fingerprint density at radius 1 is 1.29 bits per heavy atom. The summed E-state index contributed by atoms with van der Waals surface area (Å²) in [5.41, 5.74) is 6.93. The van der Waals surface area contributed by atoms with Crippen molar-refractivity contribution in [2.45, 2.75) is 39.2 Å². The van der Waals surface area contributed by atoms with Crippen LogP contribution in [0.2, 0.25) is 0 Å². The standard InChI is InChI=1S/C15H24N4O.ClH/c1-11(2)14(16)15(20)18-13-7-6-12(10-17-13)19-8-4-3-5-9-19;/h6-7,10-11,14H,3-5,8-9,16H2,1-2H3,(H,17,18,20);1H/t14-;/m0./s1. The lowest BCUT2D eigenvalue weighted by molar-refractivity contribution is -0.118. The van der Waals surface area contributed by atoms with Crippen molar-refractivity contribution in [3.05, 3.63) is 18.3 Å². The van der Waals surface area contributed by atoms with Crippen LogP contribution in [0.3, 0.4) is 0 Å². The van der Waals surface area contributed by atoms with Gasteiger partial charge in [-0.15, -0.1) is 12.4 Å². The predicted octanol–water partition coefficient (Wildman–Crippen LogP) is 2.42. The van der Waals surface area contributed by atoms with Crippen LogP contribution in [-0.4, -0.2) is 30.0 Å². The Hall–Kier alpha value is -1.33. The lowest BCUT2D eigenvalue weighted by atomic mass is 10.1. The second-order valence-corrected chi connectivity index (χ2v) is 5.71. The smallest absolute Gasteiger partial charge is 0.242 e. The average molecular weight is 313 g/mol. The summed E-state index contributed by atoms with van der Waals surface area (Å²) in [5.74, 6) is 0.493. The van der Waals surface area contributed by atoms with Gasteiger partial charge in [0.15, 0.2) is 0 Å². The van der Waals surface area contributed by atoms with Crippen molar-refractivity contribution in [2.24, 2.45) is 11.7 Å². The number of carbonyl (C=O) groups excluding carboxylic acids is 1. The van der Waals surface area contributed by atoms with Crippen LogP contribution in [0, 0.1) is 5.92 Å². The SMILES string of the molecule is CC(C)[C@H](N)C(=O)Nc1ccc(N2CCCCC2)cn1.Cl. The molecule has 3 N–H and O–H groups in total. The minimum Gasteiger partial charge on any atom is -0.370 e. The van der Waals surface area contributed by atoms with E-state index in [-0.39, 0.29) is 24.2 Å². The Labute approximate surface area is 132 Å². The number of halogens is 1. The van der Waals surface area contributed by atoms with Gasteiger partial charge in [-0.3, -0.25) is 4.79 Å². The molecule has 21 heavy (non-hydrogen) atoms. The summed E-state index contributed by atoms with van der Waals surface area (Å²) in [4.78, 5) is 18.5. The molecule has 0 unspecified atom stereocenters. The molecule has 1 aliphatic rings. The van der Waals surface area contributed by atoms with Gasteiger partial charge in [0.1, 0.15) is 5.82 Å². The fourth-order valence-corrected chi connectivity index (χ4v) is 2.31. The van der Waals surface area contributed by atoms with Crippen molar-refractivity contribution in [3.63, 3.8) is 0 Å². The van der Waals surface area contributed by atoms with Gasteiger partial charge in [-0.05, 0) is 37.3 Å². The second-order valence-electron chi connectivity index (χ2n) is 5.71. The first kappa shape index (κ1) is 17.7. The van der Waals surface area contributed by atoms with Gasteiger partial charge in [-0.2, -0.15) is 0 Å². The Balaban J connectivity index is 0.00000220. The topological polar surface area (TPSA) is 71.2 Å². The molecule has 0 aliphatic carbocycles. The molecule has 2 heterocycles. The molecule has 5 nitrogen and oxygen atoms in total. The maximum absolute atomic E-state index is 11.9. The molecule has 1 aromatic heterocycles. The van der Waals surface area contributed by atoms with Crippen molar-refractivity contribution >= 4 is 29.8 Å². The fraction of sp³-hybridized carbons (Fsp3) is 0.600. The number of hydrogen-bond acceptors (Lipinski definition) is 4. The maximum Gasteiger partial charge on any atom is 0.242 e. The minimum absolute atomic E-state index is 0. The van der Waals surface area contributed by atoms with E-state index < -0.39 is 6.04 Å². The van der Waals surface area contributed by atoms with Crippen molar-refractivity contribution in [1.82, 2.24) is 4.98 Å². The molecule has 0 bridgehead atoms. The molecule has 1 saturated heterocycles. The van der Waals surface area contributed by atoms with Gasteiger partial charge in [0, 0.05) is 13.1 Å². The number of rotatable bonds is 4. The van der Waals surface area contributed by atoms with Crippen LogP contribution < -0.4 is 16.0 Å². The molecular formula is C15H25ClN4O. The molecule has 2 rings (SSSR count). The van der Waals surface area contributed by atoms with Crippen LogP contribution in [0.4, 0.5) is 11.5 Å². The Bertz CT molecular complexity index is 443. The van der Waals surface area contributed by atoms with Gasteiger partial charge < -0.3 is 16.0 Å². The van der Waals surface area contributed by atoms with Crippen LogP contribution in [-0.2, 0) is 4.79 Å². The average Bonchev–Trinajstić information content (AvgIpc) is 2.48. The van der Waals surface area contributed by atoms with E-state index in [0.29, 0.717) is 5.82 Å². The minimum atomic E-state index is -0.501. The van der Waals surface area contributed by atoms with Gasteiger partial charge in [0.25, 0.3) is 0 Å². The molecule has 1 aliphatic heterocycles. The molecule has 0 radical (unpaired) electrons. The van der Waals surface area contributed by atoms with E-state index in [9.17, 15) is 4.79 Å². The maximum atomic E-state index is 11.9. The van der Waals surface area contributed by atoms with Crippen molar-refractivity contribution in [2.75, 3.05) is 23.3 Å². The highest BCUT2D eigenvalue weighted by Crippen LogP contribution is 2.20. The molecule has 0 spiro atoms. The number of hydrogen-bond donors (Lipinski definition) is 2. The number of piperidine rings is 1. The number of pyridine rings is 1. The molecule has 1 atom stereocenters. The highest BCUT2D eigenvalue weighted by molar-refractivity contribution is 5.94. The third-order valence-corrected chi connectivity index (χ3v) is 3.74. The summed E-state index contributed by atoms with van der Waals surface area (Å²) in [6.07, 6.45) is 5.61. The number of carbonyl (C=O) groups is 1. The van der Waals surface area contributed by atoms with E-state index in [2.05, 4.69) is 15.2 Å². The van der Waals surface area contributed by atoms with Crippen molar-refractivity contribution < 1.29 is 4.79 Å². The molecule has 6 heteroatoms. The third-order valence-electron chi connectivity index (χ3n) is 3.74. The number of aromatic nitrogens is 1. The van der Waals surface area contributed by atoms with Gasteiger partial charge in [-0.25, -0.2) is 4.98 Å². The zero-order valence-electron chi connectivity index (χ0n) is 12.7. The highest BCUT2D eigenvalue weighted by atomic mass is 35.5. The molecule has 118 valence electrons. The zero-order chi connectivity index (χ0) is 14.5. The highest BCUT2D eigenvalue weighted by Gasteiger charge is 2.18. The molecule has 1 aromatic rings. The van der Waals surface area contributed by atoms with Gasteiger partial charge >= 0.3 is 0 Å². The van der Waals surface area contributed by atoms with E-state index in [4.69, 9.17) is 5.73 Å². The summed E-state index contributed by atoms with van der Waals surface area (Å²) in [7, 11) is 0. The van der Waals surface area contributed by atoms with Crippen LogP contribution in [0.5, 0.6) is 0 Å². The molecule has 1 fully saturated rings. The zero-order valence-corrected chi connectivity index (χ0v) is 13.5. The molecular weight excluding hydrogens is 288 g/mol. The molecule has 0 saturated carbocycles. The fourth-order valence-electron chi connectivity index (χ4n) is 2.31. The van der Waals surface area contributed by atoms with Gasteiger partial charge in [-0.1, -0.05) is 13.8 Å². The van der Waals surface area contributed by atoms with Crippen LogP contribution in [0.1, 0.15) is 33.1 Å². The summed E-state index contributed by atoms with van der Waals surface area (Å²) in [5, 5.41) is 2.76. The predicted molar refractivity (Wildman–Crippen MR) is 89.0 cm³/mol. The molecule has 0 aromatic carbocycles. The Kier molecular flexibility index (Phi) is 6.92. The Morgan fingerprint density at radius 3 is 2.48 bits per heavy atom. The monoisotopic (exact) mass is 312 g/mol. The Morgan fingerprint density at radius 2 is 1.95 bits per heavy atom. The third kappa shape index (κ3) is 4.86. The number of amides is 1. The quantitative estimate of drug-likeness (QED) is 0.895. The largest absolute Gasteiger partial charge is 0.370 e. The molecule has 1 amide bonds. The lowest BCUT2D eigenvalue weighted by Gasteiger charge is -2.28. The normalized spacial score (nSPS) is 16.3. The van der Waals surface area contributed by atoms with E-state index in [1.165, 1.54) is 19.3 Å². The van der Waals surface area contributed by atoms with Gasteiger partial charge in [0.05, 0.1) is 17.9 Å². The van der Waals surface area contributed by atoms with Crippen LogP contribution >= 0.6 is 12.4 Å². The number of nitrogens with one attached hydrogen (secondary N) is 1. The van der Waals surface area contributed by atoms with Crippen LogP contribution in [0.15, 0.2) is 18.3 Å². The number of nitrogens with two attached hydrogens (primary N) is 1. The lowest BCUT2D eigenvalue weighted by Crippen LogP contribution is -2.39. The summed E-state index contributed by atoms with van der Waals surface area (Å²) in [6, 6.07) is 3.35. The number of anilines is 2. The van der Waals surface area contributed by atoms with Crippen molar-refractivity contribution in [1.29, 1.82) is 0 Å². The van der Waals surface area contributed by atoms with E-state index in [0.717, 1.165) is 18.8 Å². The summed E-state index contributed by atoms with van der Waals surface area (Å²) >= 11 is 0. The van der Waals surface area contributed by atoms with E-state index >= 15 is 0 Å². The second kappa shape index (κ2) is 8.20. The first-order chi connectivity index (χ1) is 9.58. The van der Waals surface area contributed by atoms with Gasteiger partial charge in [0.2, 0.25) is 5.91 Å². The summed E-state index contributed by atoms with van der Waals surface area (Å²) in [6.45, 7) is 6.03. The first-order valence-corrected chi connectivity index (χ1v) is 7.35. The van der Waals surface area contributed by atoms with E-state index in [1.54, 1.807) is 0 Å². The van der Waals surface area contributed by atoms with Crippen molar-refractivity contribution in [3.8, 4) is 0 Å². The first-order valence-electron chi connectivity index (χ1n) is 7.35. The van der Waals surface area contributed by atoms with E-state index in [1.807, 2.05) is 32.2 Å². The summed E-state index contributed by atoms with van der Waals surface area (Å²) < 4.78 is 0. The number of nitrogens with zero attached hydrogens (tertiary/aromatic N) is 2.